The lowest BCUT2D eigenvalue weighted by molar-refractivity contribution is -0.107. The first kappa shape index (κ1) is 21.0. The van der Waals surface area contributed by atoms with Crippen LogP contribution in [0.2, 0.25) is 0 Å². The molecule has 0 radical (unpaired) electrons. The number of hydrogen-bond donors (Lipinski definition) is 0. The van der Waals surface area contributed by atoms with Crippen LogP contribution in [-0.2, 0) is 17.2 Å². The van der Waals surface area contributed by atoms with Gasteiger partial charge in [-0.1, -0.05) is 78.5 Å². The van der Waals surface area contributed by atoms with Crippen molar-refractivity contribution in [2.45, 2.75) is 12.4 Å². The van der Waals surface area contributed by atoms with Gasteiger partial charge in [0, 0.05) is 5.75 Å². The Kier molecular flexibility index (Phi) is 7.10. The maximum atomic E-state index is 12.3. The van der Waals surface area contributed by atoms with Crippen molar-refractivity contribution in [3.05, 3.63) is 106 Å². The molecule has 1 aliphatic rings. The smallest absolute Gasteiger partial charge is 0.244 e. The third kappa shape index (κ3) is 5.65. The Morgan fingerprint density at radius 2 is 1.67 bits per heavy atom. The van der Waals surface area contributed by atoms with Gasteiger partial charge in [-0.3, -0.25) is 4.79 Å². The maximum absolute atomic E-state index is 12.3. The summed E-state index contributed by atoms with van der Waals surface area (Å²) in [6.45, 7) is 0.501. The standard InChI is InChI=1S/C24H18BrNO2S2/c25-20-13-19(11-12-22(20)28-15-17-7-3-1-4-8-17)14-21-23(27)30-24(26-21)29-16-18-9-5-2-6-10-18/h1-14H,15-16H2/b21-14-. The topological polar surface area (TPSA) is 38.7 Å². The van der Waals surface area contributed by atoms with Gasteiger partial charge < -0.3 is 4.74 Å². The molecule has 3 aromatic carbocycles. The van der Waals surface area contributed by atoms with Crippen LogP contribution in [0, 0.1) is 0 Å². The number of carbonyl (C=O) groups is 1. The average molecular weight is 496 g/mol. The Balaban J connectivity index is 1.41. The third-order valence-corrected chi connectivity index (χ3v) is 7.00. The van der Waals surface area contributed by atoms with Crippen LogP contribution in [-0.4, -0.2) is 9.49 Å². The summed E-state index contributed by atoms with van der Waals surface area (Å²) in [7, 11) is 0. The van der Waals surface area contributed by atoms with Gasteiger partial charge in [-0.25, -0.2) is 4.99 Å². The maximum Gasteiger partial charge on any atom is 0.244 e. The number of rotatable bonds is 6. The monoisotopic (exact) mass is 495 g/mol. The average Bonchev–Trinajstić information content (AvgIpc) is 3.12. The van der Waals surface area contributed by atoms with Crippen molar-refractivity contribution in [1.82, 2.24) is 0 Å². The summed E-state index contributed by atoms with van der Waals surface area (Å²) in [5.41, 5.74) is 3.70. The summed E-state index contributed by atoms with van der Waals surface area (Å²) in [5, 5.41) is -0.0221. The van der Waals surface area contributed by atoms with E-state index in [4.69, 9.17) is 4.74 Å². The normalized spacial score (nSPS) is 14.8. The number of halogens is 1. The predicted molar refractivity (Wildman–Crippen MR) is 131 cm³/mol. The molecule has 1 aliphatic heterocycles. The lowest BCUT2D eigenvalue weighted by Crippen LogP contribution is -1.96. The molecule has 1 heterocycles. The van der Waals surface area contributed by atoms with Crippen molar-refractivity contribution >= 4 is 55.0 Å². The minimum absolute atomic E-state index is 0.0221. The van der Waals surface area contributed by atoms with Crippen molar-refractivity contribution in [3.8, 4) is 5.75 Å². The zero-order valence-electron chi connectivity index (χ0n) is 16.0. The van der Waals surface area contributed by atoms with Crippen LogP contribution >= 0.6 is 39.5 Å². The largest absolute Gasteiger partial charge is 0.488 e. The second-order valence-electron chi connectivity index (χ2n) is 6.54. The highest BCUT2D eigenvalue weighted by molar-refractivity contribution is 9.10. The molecule has 0 saturated heterocycles. The van der Waals surface area contributed by atoms with E-state index in [1.807, 2.05) is 72.8 Å². The third-order valence-electron chi connectivity index (χ3n) is 4.30. The predicted octanol–water partition coefficient (Wildman–Crippen LogP) is 6.93. The Morgan fingerprint density at radius 1 is 0.967 bits per heavy atom. The van der Waals surface area contributed by atoms with Crippen molar-refractivity contribution in [3.63, 3.8) is 0 Å². The van der Waals surface area contributed by atoms with E-state index in [1.54, 1.807) is 11.8 Å². The molecule has 0 aliphatic carbocycles. The highest BCUT2D eigenvalue weighted by Crippen LogP contribution is 2.34. The van der Waals surface area contributed by atoms with Crippen molar-refractivity contribution < 1.29 is 9.53 Å². The fourth-order valence-corrected chi connectivity index (χ4v) is 5.10. The van der Waals surface area contributed by atoms with Crippen LogP contribution in [0.4, 0.5) is 0 Å². The van der Waals surface area contributed by atoms with Gasteiger partial charge in [0.15, 0.2) is 0 Å². The molecule has 0 saturated carbocycles. The Bertz CT molecular complexity index is 1100. The molecule has 0 bridgehead atoms. The van der Waals surface area contributed by atoms with Crippen molar-refractivity contribution in [2.75, 3.05) is 0 Å². The summed E-state index contributed by atoms with van der Waals surface area (Å²) >= 11 is 6.35. The Labute approximate surface area is 192 Å². The molecule has 3 nitrogen and oxygen atoms in total. The molecular weight excluding hydrogens is 478 g/mol. The van der Waals surface area contributed by atoms with Gasteiger partial charge in [-0.15, -0.1) is 0 Å². The summed E-state index contributed by atoms with van der Waals surface area (Å²) in [5.74, 6) is 1.56. The first-order valence-corrected chi connectivity index (χ1v) is 11.9. The van der Waals surface area contributed by atoms with Crippen molar-refractivity contribution in [1.29, 1.82) is 0 Å². The van der Waals surface area contributed by atoms with Gasteiger partial charge in [-0.05, 0) is 62.6 Å². The second-order valence-corrected chi connectivity index (χ2v) is 9.57. The summed E-state index contributed by atoms with van der Waals surface area (Å²) < 4.78 is 7.52. The number of aliphatic imine (C=N–C) groups is 1. The van der Waals surface area contributed by atoms with E-state index < -0.39 is 0 Å². The molecule has 150 valence electrons. The Morgan fingerprint density at radius 3 is 2.37 bits per heavy atom. The van der Waals surface area contributed by atoms with E-state index in [0.29, 0.717) is 12.3 Å². The minimum atomic E-state index is -0.0221. The van der Waals surface area contributed by atoms with Crippen LogP contribution < -0.4 is 4.74 Å². The molecular formula is C24H18BrNO2S2. The summed E-state index contributed by atoms with van der Waals surface area (Å²) in [6.07, 6.45) is 1.82. The number of carbonyl (C=O) groups excluding carboxylic acids is 1. The molecule has 6 heteroatoms. The van der Waals surface area contributed by atoms with Crippen LogP contribution in [0.25, 0.3) is 6.08 Å². The van der Waals surface area contributed by atoms with Gasteiger partial charge in [0.2, 0.25) is 5.12 Å². The molecule has 0 spiro atoms. The SMILES string of the molecule is O=C1SC(SCc2ccccc2)=N/C1=C\c1ccc(OCc2ccccc2)c(Br)c1. The molecule has 0 aromatic heterocycles. The zero-order chi connectivity index (χ0) is 20.8. The van der Waals surface area contributed by atoms with Crippen molar-refractivity contribution in [2.24, 2.45) is 4.99 Å². The summed E-state index contributed by atoms with van der Waals surface area (Å²) in [4.78, 5) is 16.9. The highest BCUT2D eigenvalue weighted by Gasteiger charge is 2.22. The van der Waals surface area contributed by atoms with Crippen LogP contribution in [0.5, 0.6) is 5.75 Å². The number of hydrogen-bond acceptors (Lipinski definition) is 5. The van der Waals surface area contributed by atoms with Gasteiger partial charge in [0.25, 0.3) is 0 Å². The summed E-state index contributed by atoms with van der Waals surface area (Å²) in [6, 6.07) is 26.0. The van der Waals surface area contributed by atoms with E-state index in [-0.39, 0.29) is 5.12 Å². The molecule has 0 atom stereocenters. The van der Waals surface area contributed by atoms with E-state index >= 15 is 0 Å². The van der Waals surface area contributed by atoms with E-state index in [9.17, 15) is 4.79 Å². The molecule has 0 amide bonds. The van der Waals surface area contributed by atoms with Gasteiger partial charge in [-0.2, -0.15) is 0 Å². The van der Waals surface area contributed by atoms with E-state index in [1.165, 1.54) is 17.3 Å². The molecule has 0 unspecified atom stereocenters. The van der Waals surface area contributed by atoms with Crippen LogP contribution in [0.3, 0.4) is 0 Å². The lowest BCUT2D eigenvalue weighted by atomic mass is 10.2. The van der Waals surface area contributed by atoms with Gasteiger partial charge in [0.1, 0.15) is 22.4 Å². The molecule has 30 heavy (non-hydrogen) atoms. The molecule has 3 aromatic rings. The van der Waals surface area contributed by atoms with Crippen LogP contribution in [0.15, 0.2) is 94.0 Å². The first-order chi connectivity index (χ1) is 14.7. The minimum Gasteiger partial charge on any atom is -0.488 e. The zero-order valence-corrected chi connectivity index (χ0v) is 19.2. The number of thioether (sulfide) groups is 2. The fourth-order valence-electron chi connectivity index (χ4n) is 2.79. The van der Waals surface area contributed by atoms with E-state index in [0.717, 1.165) is 31.5 Å². The quantitative estimate of drug-likeness (QED) is 0.347. The van der Waals surface area contributed by atoms with Gasteiger partial charge in [0.05, 0.1) is 4.47 Å². The van der Waals surface area contributed by atoms with Gasteiger partial charge >= 0.3 is 0 Å². The molecule has 4 rings (SSSR count). The lowest BCUT2D eigenvalue weighted by Gasteiger charge is -2.09. The Hall–Kier alpha value is -2.28. The number of benzene rings is 3. The first-order valence-electron chi connectivity index (χ1n) is 9.33. The van der Waals surface area contributed by atoms with E-state index in [2.05, 4.69) is 33.1 Å². The number of ether oxygens (including phenoxy) is 1. The fraction of sp³-hybridized carbons (Fsp3) is 0.0833. The molecule has 0 N–H and O–H groups in total. The van der Waals surface area contributed by atoms with Crippen LogP contribution in [0.1, 0.15) is 16.7 Å². The second kappa shape index (κ2) is 10.2. The number of nitrogens with zero attached hydrogens (tertiary/aromatic N) is 1. The highest BCUT2D eigenvalue weighted by atomic mass is 79.9. The molecule has 0 fully saturated rings.